The van der Waals surface area contributed by atoms with Crippen LogP contribution >= 0.6 is 11.3 Å². The summed E-state index contributed by atoms with van der Waals surface area (Å²) in [5.41, 5.74) is 0.911. The van der Waals surface area contributed by atoms with Gasteiger partial charge in [0.25, 0.3) is 0 Å². The molecular weight excluding hydrogens is 325 g/mol. The minimum Gasteiger partial charge on any atom is -0.353 e. The van der Waals surface area contributed by atoms with Gasteiger partial charge in [-0.05, 0) is 30.2 Å². The third-order valence-corrected chi connectivity index (χ3v) is 5.91. The molecule has 2 aromatic rings. The minimum absolute atomic E-state index is 0.0397. The van der Waals surface area contributed by atoms with Crippen molar-refractivity contribution < 1.29 is 12.8 Å². The van der Waals surface area contributed by atoms with Gasteiger partial charge in [-0.2, -0.15) is 11.3 Å². The number of thiophene rings is 1. The molecule has 0 unspecified atom stereocenters. The maximum absolute atomic E-state index is 13.8. The van der Waals surface area contributed by atoms with Crippen LogP contribution in [0.1, 0.15) is 12.8 Å². The van der Waals surface area contributed by atoms with Crippen LogP contribution in [0.2, 0.25) is 0 Å². The average molecular weight is 341 g/mol. The number of halogens is 1. The SMILES string of the molecule is O=S(=O)(CCNc1ncc(F)c(-c2ccsc2)n1)CC1CC1. The first-order chi connectivity index (χ1) is 10.5. The highest BCUT2D eigenvalue weighted by Crippen LogP contribution is 2.30. The van der Waals surface area contributed by atoms with Crippen LogP contribution in [-0.2, 0) is 9.84 Å². The molecule has 1 aliphatic rings. The molecular formula is C14H16FN3O2S2. The summed E-state index contributed by atoms with van der Waals surface area (Å²) in [6.45, 7) is 0.226. The van der Waals surface area contributed by atoms with Crippen LogP contribution < -0.4 is 5.32 Å². The molecule has 3 rings (SSSR count). The van der Waals surface area contributed by atoms with Crippen molar-refractivity contribution in [2.24, 2.45) is 5.92 Å². The Hall–Kier alpha value is -1.54. The van der Waals surface area contributed by atoms with E-state index in [0.717, 1.165) is 19.0 Å². The summed E-state index contributed by atoms with van der Waals surface area (Å²) in [6.07, 6.45) is 3.12. The zero-order chi connectivity index (χ0) is 15.6. The van der Waals surface area contributed by atoms with Crippen LogP contribution in [0.25, 0.3) is 11.3 Å². The largest absolute Gasteiger partial charge is 0.353 e. The number of sulfone groups is 1. The summed E-state index contributed by atoms with van der Waals surface area (Å²) in [7, 11) is -3.04. The molecule has 1 aliphatic carbocycles. The van der Waals surface area contributed by atoms with Gasteiger partial charge in [-0.15, -0.1) is 0 Å². The second kappa shape index (κ2) is 6.29. The van der Waals surface area contributed by atoms with E-state index in [1.54, 1.807) is 11.4 Å². The van der Waals surface area contributed by atoms with E-state index in [2.05, 4.69) is 15.3 Å². The smallest absolute Gasteiger partial charge is 0.223 e. The Balaban J connectivity index is 1.62. The number of rotatable bonds is 7. The number of nitrogens with zero attached hydrogens (tertiary/aromatic N) is 2. The van der Waals surface area contributed by atoms with Crippen LogP contribution in [0.3, 0.4) is 0 Å². The van der Waals surface area contributed by atoms with E-state index < -0.39 is 15.7 Å². The van der Waals surface area contributed by atoms with E-state index in [1.807, 2.05) is 5.38 Å². The van der Waals surface area contributed by atoms with Crippen molar-refractivity contribution in [3.05, 3.63) is 28.8 Å². The molecule has 1 fully saturated rings. The van der Waals surface area contributed by atoms with E-state index in [-0.39, 0.29) is 29.7 Å². The number of hydrogen-bond acceptors (Lipinski definition) is 6. The Morgan fingerprint density at radius 1 is 1.41 bits per heavy atom. The molecule has 118 valence electrons. The van der Waals surface area contributed by atoms with Gasteiger partial charge in [-0.25, -0.2) is 22.8 Å². The van der Waals surface area contributed by atoms with Crippen LogP contribution in [0.4, 0.5) is 10.3 Å². The molecule has 0 spiro atoms. The Labute approximate surface area is 132 Å². The van der Waals surface area contributed by atoms with Gasteiger partial charge in [0.15, 0.2) is 15.7 Å². The zero-order valence-corrected chi connectivity index (χ0v) is 13.5. The lowest BCUT2D eigenvalue weighted by Crippen LogP contribution is -2.20. The first kappa shape index (κ1) is 15.4. The van der Waals surface area contributed by atoms with Gasteiger partial charge >= 0.3 is 0 Å². The van der Waals surface area contributed by atoms with Gasteiger partial charge in [-0.1, -0.05) is 0 Å². The Morgan fingerprint density at radius 2 is 2.23 bits per heavy atom. The summed E-state index contributed by atoms with van der Waals surface area (Å²) < 4.78 is 37.4. The molecule has 0 aliphatic heterocycles. The van der Waals surface area contributed by atoms with Crippen LogP contribution in [-0.4, -0.2) is 36.4 Å². The fourth-order valence-electron chi connectivity index (χ4n) is 2.10. The maximum atomic E-state index is 13.8. The van der Waals surface area contributed by atoms with E-state index in [1.165, 1.54) is 11.3 Å². The van der Waals surface area contributed by atoms with E-state index in [4.69, 9.17) is 0 Å². The van der Waals surface area contributed by atoms with Crippen molar-refractivity contribution in [2.75, 3.05) is 23.4 Å². The van der Waals surface area contributed by atoms with Gasteiger partial charge in [0, 0.05) is 17.5 Å². The molecule has 2 heterocycles. The summed E-state index contributed by atoms with van der Waals surface area (Å²) in [5, 5.41) is 6.50. The van der Waals surface area contributed by atoms with Crippen LogP contribution in [0, 0.1) is 11.7 Å². The Morgan fingerprint density at radius 3 is 2.91 bits per heavy atom. The van der Waals surface area contributed by atoms with Gasteiger partial charge in [-0.3, -0.25) is 0 Å². The third kappa shape index (κ3) is 4.01. The highest BCUT2D eigenvalue weighted by molar-refractivity contribution is 7.91. The first-order valence-corrected chi connectivity index (χ1v) is 9.79. The fraction of sp³-hybridized carbons (Fsp3) is 0.429. The molecule has 2 aromatic heterocycles. The highest BCUT2D eigenvalue weighted by atomic mass is 32.2. The Kier molecular flexibility index (Phi) is 4.39. The lowest BCUT2D eigenvalue weighted by Gasteiger charge is -2.07. The van der Waals surface area contributed by atoms with Crippen LogP contribution in [0.15, 0.2) is 23.0 Å². The summed E-state index contributed by atoms with van der Waals surface area (Å²) in [4.78, 5) is 7.98. The molecule has 0 bridgehead atoms. The molecule has 0 atom stereocenters. The fourth-order valence-corrected chi connectivity index (χ4v) is 4.37. The molecule has 0 radical (unpaired) electrons. The molecule has 0 aromatic carbocycles. The second-order valence-corrected chi connectivity index (χ2v) is 8.40. The Bertz CT molecular complexity index is 743. The molecule has 22 heavy (non-hydrogen) atoms. The van der Waals surface area contributed by atoms with Gasteiger partial charge in [0.2, 0.25) is 5.95 Å². The van der Waals surface area contributed by atoms with Crippen molar-refractivity contribution in [3.63, 3.8) is 0 Å². The van der Waals surface area contributed by atoms with Crippen molar-refractivity contribution in [1.29, 1.82) is 0 Å². The van der Waals surface area contributed by atoms with E-state index in [0.29, 0.717) is 11.5 Å². The number of anilines is 1. The van der Waals surface area contributed by atoms with Gasteiger partial charge in [0.05, 0.1) is 17.7 Å². The van der Waals surface area contributed by atoms with Crippen molar-refractivity contribution in [3.8, 4) is 11.3 Å². The molecule has 1 N–H and O–H groups in total. The topological polar surface area (TPSA) is 72.0 Å². The third-order valence-electron chi connectivity index (χ3n) is 3.42. The quantitative estimate of drug-likeness (QED) is 0.838. The predicted octanol–water partition coefficient (Wildman–Crippen LogP) is 2.58. The lowest BCUT2D eigenvalue weighted by molar-refractivity contribution is 0.592. The molecule has 8 heteroatoms. The standard InChI is InChI=1S/C14H16FN3O2S2/c15-12-7-17-14(18-13(12)11-3-5-21-8-11)16-4-6-22(19,20)9-10-1-2-10/h3,5,7-8,10H,1-2,4,6,9H2,(H,16,17,18). The van der Waals surface area contributed by atoms with Gasteiger partial charge < -0.3 is 5.32 Å². The van der Waals surface area contributed by atoms with E-state index in [9.17, 15) is 12.8 Å². The summed E-state index contributed by atoms with van der Waals surface area (Å²) in [6, 6.07) is 1.78. The number of aromatic nitrogens is 2. The molecule has 5 nitrogen and oxygen atoms in total. The van der Waals surface area contributed by atoms with Crippen LogP contribution in [0.5, 0.6) is 0 Å². The van der Waals surface area contributed by atoms with Crippen molar-refractivity contribution >= 4 is 27.1 Å². The lowest BCUT2D eigenvalue weighted by atomic mass is 10.2. The monoisotopic (exact) mass is 341 g/mol. The summed E-state index contributed by atoms with van der Waals surface area (Å²) in [5.74, 6) is 0.392. The van der Waals surface area contributed by atoms with Crippen molar-refractivity contribution in [1.82, 2.24) is 9.97 Å². The molecule has 0 amide bonds. The second-order valence-electron chi connectivity index (χ2n) is 5.39. The first-order valence-electron chi connectivity index (χ1n) is 7.03. The molecule has 0 saturated heterocycles. The van der Waals surface area contributed by atoms with Gasteiger partial charge in [0.1, 0.15) is 5.69 Å². The number of hydrogen-bond donors (Lipinski definition) is 1. The zero-order valence-electron chi connectivity index (χ0n) is 11.8. The van der Waals surface area contributed by atoms with E-state index >= 15 is 0 Å². The maximum Gasteiger partial charge on any atom is 0.223 e. The molecule has 1 saturated carbocycles. The summed E-state index contributed by atoms with van der Waals surface area (Å²) >= 11 is 1.45. The van der Waals surface area contributed by atoms with Crippen molar-refractivity contribution in [2.45, 2.75) is 12.8 Å². The number of nitrogens with one attached hydrogen (secondary N) is 1. The minimum atomic E-state index is -3.04. The highest BCUT2D eigenvalue weighted by Gasteiger charge is 2.27. The predicted molar refractivity (Wildman–Crippen MR) is 85.2 cm³/mol. The average Bonchev–Trinajstić information content (AvgIpc) is 3.10. The normalized spacial score (nSPS) is 15.0.